The molecule has 0 aliphatic heterocycles. The molecule has 0 aliphatic carbocycles. The van der Waals surface area contributed by atoms with E-state index in [1.807, 2.05) is 13.0 Å². The lowest BCUT2D eigenvalue weighted by Gasteiger charge is -2.18. The van der Waals surface area contributed by atoms with Crippen LogP contribution in [0.15, 0.2) is 36.4 Å². The number of ether oxygens (including phenoxy) is 3. The number of hydrogen-bond acceptors (Lipinski definition) is 5. The predicted octanol–water partition coefficient (Wildman–Crippen LogP) is 3.24. The summed E-state index contributed by atoms with van der Waals surface area (Å²) in [5.74, 6) is 1.39. The fourth-order valence-corrected chi connectivity index (χ4v) is 2.29. The molecule has 0 spiro atoms. The molecule has 0 saturated heterocycles. The van der Waals surface area contributed by atoms with Gasteiger partial charge in [-0.3, -0.25) is 4.79 Å². The van der Waals surface area contributed by atoms with Gasteiger partial charge in [-0.1, -0.05) is 12.1 Å². The molecule has 0 saturated carbocycles. The topological polar surface area (TPSA) is 70.8 Å². The van der Waals surface area contributed by atoms with Crippen LogP contribution in [0.5, 0.6) is 17.2 Å². The number of hydrogen-bond donors (Lipinski definition) is 1. The highest BCUT2D eigenvalue weighted by Crippen LogP contribution is 2.30. The van der Waals surface area contributed by atoms with E-state index in [9.17, 15) is 4.79 Å². The molecule has 0 aliphatic rings. The summed E-state index contributed by atoms with van der Waals surface area (Å²) in [6, 6.07) is 10.5. The molecule has 2 aromatic rings. The minimum Gasteiger partial charge on any atom is -0.496 e. The Morgan fingerprint density at radius 3 is 2.30 bits per heavy atom. The van der Waals surface area contributed by atoms with E-state index in [0.717, 1.165) is 5.56 Å². The molecule has 1 atom stereocenters. The standard InChI is InChI=1S/C18H21NO4/c1-11-9-17(22-4)13(10-16(11)21-3)18(20)12(2)23-15-8-6-5-7-14(15)19/h5-10,12H,19H2,1-4H3. The van der Waals surface area contributed by atoms with Crippen molar-refractivity contribution in [2.75, 3.05) is 20.0 Å². The number of rotatable bonds is 6. The minimum absolute atomic E-state index is 0.205. The fourth-order valence-electron chi connectivity index (χ4n) is 2.29. The second-order valence-electron chi connectivity index (χ2n) is 5.18. The van der Waals surface area contributed by atoms with Gasteiger partial charge in [0.15, 0.2) is 6.10 Å². The van der Waals surface area contributed by atoms with E-state index >= 15 is 0 Å². The molecule has 0 heterocycles. The molecule has 5 heteroatoms. The van der Waals surface area contributed by atoms with Crippen LogP contribution in [0.2, 0.25) is 0 Å². The molecule has 2 aromatic carbocycles. The lowest BCUT2D eigenvalue weighted by molar-refractivity contribution is 0.0816. The van der Waals surface area contributed by atoms with Crippen molar-refractivity contribution in [3.8, 4) is 17.2 Å². The van der Waals surface area contributed by atoms with E-state index in [-0.39, 0.29) is 5.78 Å². The molecular weight excluding hydrogens is 294 g/mol. The molecule has 0 radical (unpaired) electrons. The highest BCUT2D eigenvalue weighted by Gasteiger charge is 2.23. The lowest BCUT2D eigenvalue weighted by Crippen LogP contribution is -2.25. The summed E-state index contributed by atoms with van der Waals surface area (Å²) in [5, 5.41) is 0. The Labute approximate surface area is 136 Å². The zero-order valence-corrected chi connectivity index (χ0v) is 13.8. The van der Waals surface area contributed by atoms with Gasteiger partial charge in [-0.15, -0.1) is 0 Å². The number of benzene rings is 2. The Kier molecular flexibility index (Phi) is 5.11. The maximum Gasteiger partial charge on any atom is 0.206 e. The number of para-hydroxylation sites is 2. The van der Waals surface area contributed by atoms with Crippen LogP contribution in [0, 0.1) is 6.92 Å². The third-order valence-corrected chi connectivity index (χ3v) is 3.57. The maximum atomic E-state index is 12.7. The van der Waals surface area contributed by atoms with Crippen LogP contribution in [0.1, 0.15) is 22.8 Å². The molecule has 0 aromatic heterocycles. The monoisotopic (exact) mass is 315 g/mol. The first-order valence-electron chi connectivity index (χ1n) is 7.26. The minimum atomic E-state index is -0.707. The van der Waals surface area contributed by atoms with Crippen molar-refractivity contribution in [2.24, 2.45) is 0 Å². The number of aryl methyl sites for hydroxylation is 1. The molecule has 2 N–H and O–H groups in total. The quantitative estimate of drug-likeness (QED) is 0.654. The van der Waals surface area contributed by atoms with E-state index in [4.69, 9.17) is 19.9 Å². The van der Waals surface area contributed by atoms with Crippen molar-refractivity contribution in [3.05, 3.63) is 47.5 Å². The largest absolute Gasteiger partial charge is 0.496 e. The molecule has 0 bridgehead atoms. The van der Waals surface area contributed by atoms with Gasteiger partial charge in [0, 0.05) is 0 Å². The normalized spacial score (nSPS) is 11.7. The Hall–Kier alpha value is -2.69. The van der Waals surface area contributed by atoms with Crippen molar-refractivity contribution in [3.63, 3.8) is 0 Å². The lowest BCUT2D eigenvalue weighted by atomic mass is 10.0. The number of nitrogens with two attached hydrogens (primary N) is 1. The van der Waals surface area contributed by atoms with Gasteiger partial charge >= 0.3 is 0 Å². The summed E-state index contributed by atoms with van der Waals surface area (Å²) < 4.78 is 16.3. The average Bonchev–Trinajstić information content (AvgIpc) is 2.55. The van der Waals surface area contributed by atoms with Crippen LogP contribution in [0.3, 0.4) is 0 Å². The van der Waals surface area contributed by atoms with Crippen LogP contribution < -0.4 is 19.9 Å². The maximum absolute atomic E-state index is 12.7. The fraction of sp³-hybridized carbons (Fsp3) is 0.278. The van der Waals surface area contributed by atoms with Crippen molar-refractivity contribution >= 4 is 11.5 Å². The van der Waals surface area contributed by atoms with Gasteiger partial charge in [0.25, 0.3) is 0 Å². The summed E-state index contributed by atoms with van der Waals surface area (Å²) in [5.41, 5.74) is 7.64. The van der Waals surface area contributed by atoms with Crippen molar-refractivity contribution in [1.82, 2.24) is 0 Å². The van der Waals surface area contributed by atoms with E-state index in [1.165, 1.54) is 7.11 Å². The molecular formula is C18H21NO4. The van der Waals surface area contributed by atoms with Gasteiger partial charge in [0.1, 0.15) is 17.2 Å². The molecule has 122 valence electrons. The SMILES string of the molecule is COc1cc(C(=O)C(C)Oc2ccccc2N)c(OC)cc1C. The number of Topliss-reactive ketones (excluding diaryl/α,β-unsaturated/α-hetero) is 1. The summed E-state index contributed by atoms with van der Waals surface area (Å²) in [4.78, 5) is 12.7. The Balaban J connectivity index is 2.30. The van der Waals surface area contributed by atoms with Crippen LogP contribution in [-0.4, -0.2) is 26.1 Å². The van der Waals surface area contributed by atoms with E-state index in [2.05, 4.69) is 0 Å². The van der Waals surface area contributed by atoms with Gasteiger partial charge < -0.3 is 19.9 Å². The molecule has 0 fully saturated rings. The zero-order chi connectivity index (χ0) is 17.0. The van der Waals surface area contributed by atoms with E-state index in [0.29, 0.717) is 28.5 Å². The summed E-state index contributed by atoms with van der Waals surface area (Å²) in [7, 11) is 3.09. The molecule has 2 rings (SSSR count). The third kappa shape index (κ3) is 3.56. The Bertz CT molecular complexity index is 712. The van der Waals surface area contributed by atoms with Crippen LogP contribution in [-0.2, 0) is 0 Å². The van der Waals surface area contributed by atoms with Gasteiger partial charge in [-0.2, -0.15) is 0 Å². The number of ketones is 1. The van der Waals surface area contributed by atoms with E-state index in [1.54, 1.807) is 44.4 Å². The van der Waals surface area contributed by atoms with Crippen LogP contribution >= 0.6 is 0 Å². The highest BCUT2D eigenvalue weighted by atomic mass is 16.5. The molecule has 23 heavy (non-hydrogen) atoms. The van der Waals surface area contributed by atoms with Gasteiger partial charge in [0.2, 0.25) is 5.78 Å². The first-order valence-corrected chi connectivity index (χ1v) is 7.26. The second-order valence-corrected chi connectivity index (χ2v) is 5.18. The van der Waals surface area contributed by atoms with E-state index < -0.39 is 6.10 Å². The van der Waals surface area contributed by atoms with Crippen LogP contribution in [0.4, 0.5) is 5.69 Å². The Morgan fingerprint density at radius 1 is 1.04 bits per heavy atom. The van der Waals surface area contributed by atoms with Gasteiger partial charge in [-0.05, 0) is 43.7 Å². The average molecular weight is 315 g/mol. The van der Waals surface area contributed by atoms with Gasteiger partial charge in [0.05, 0.1) is 25.5 Å². The van der Waals surface area contributed by atoms with Crippen molar-refractivity contribution < 1.29 is 19.0 Å². The smallest absolute Gasteiger partial charge is 0.206 e. The Morgan fingerprint density at radius 2 is 1.70 bits per heavy atom. The summed E-state index contributed by atoms with van der Waals surface area (Å²) in [6.07, 6.45) is -0.707. The van der Waals surface area contributed by atoms with Crippen molar-refractivity contribution in [1.29, 1.82) is 0 Å². The number of nitrogen functional groups attached to an aromatic ring is 1. The number of anilines is 1. The number of carbonyl (C=O) groups is 1. The highest BCUT2D eigenvalue weighted by molar-refractivity contribution is 6.02. The third-order valence-electron chi connectivity index (χ3n) is 3.57. The first kappa shape index (κ1) is 16.7. The molecule has 5 nitrogen and oxygen atoms in total. The second kappa shape index (κ2) is 7.05. The first-order chi connectivity index (χ1) is 11.0. The zero-order valence-electron chi connectivity index (χ0n) is 13.8. The molecule has 1 unspecified atom stereocenters. The number of carbonyl (C=O) groups excluding carboxylic acids is 1. The number of methoxy groups -OCH3 is 2. The van der Waals surface area contributed by atoms with Gasteiger partial charge in [-0.25, -0.2) is 0 Å². The molecule has 0 amide bonds. The van der Waals surface area contributed by atoms with Crippen molar-refractivity contribution in [2.45, 2.75) is 20.0 Å². The van der Waals surface area contributed by atoms with Crippen LogP contribution in [0.25, 0.3) is 0 Å². The predicted molar refractivity (Wildman–Crippen MR) is 89.6 cm³/mol. The summed E-state index contributed by atoms with van der Waals surface area (Å²) in [6.45, 7) is 3.57. The summed E-state index contributed by atoms with van der Waals surface area (Å²) >= 11 is 0.